The number of allylic oxidation sites excluding steroid dienone is 1. The fraction of sp³-hybridized carbons (Fsp3) is 0.444. The summed E-state index contributed by atoms with van der Waals surface area (Å²) in [4.78, 5) is 11.3. The molecule has 0 aromatic heterocycles. The number of phosphoric acid groups is 1. The van der Waals surface area contributed by atoms with E-state index < -0.39 is 13.9 Å². The number of methoxy groups -OCH3 is 2. The number of phosphoric ester groups is 1. The summed E-state index contributed by atoms with van der Waals surface area (Å²) >= 11 is 0. The second-order valence-electron chi connectivity index (χ2n) is 12.6. The molecule has 6 nitrogen and oxygen atoms in total. The zero-order valence-corrected chi connectivity index (χ0v) is 26.0. The Hall–Kier alpha value is -3.05. The van der Waals surface area contributed by atoms with Crippen molar-refractivity contribution in [2.24, 2.45) is 5.92 Å². The number of aryl methyl sites for hydroxylation is 1. The maximum absolute atomic E-state index is 13.8. The van der Waals surface area contributed by atoms with Crippen molar-refractivity contribution >= 4 is 7.82 Å². The summed E-state index contributed by atoms with van der Waals surface area (Å²) in [6.45, 7) is 0. The fourth-order valence-electron chi connectivity index (χ4n) is 8.04. The minimum Gasteiger partial charge on any atom is -0.497 e. The van der Waals surface area contributed by atoms with Gasteiger partial charge in [0.1, 0.15) is 17.2 Å². The fourth-order valence-corrected chi connectivity index (χ4v) is 9.14. The Morgan fingerprint density at radius 1 is 0.860 bits per heavy atom. The molecule has 3 aromatic rings. The highest BCUT2D eigenvalue weighted by Crippen LogP contribution is 2.61. The molecule has 3 aromatic carbocycles. The first-order valence-corrected chi connectivity index (χ1v) is 17.3. The topological polar surface area (TPSA) is 74.2 Å². The molecule has 0 amide bonds. The van der Waals surface area contributed by atoms with E-state index in [2.05, 4.69) is 30.3 Å². The molecule has 3 aliphatic carbocycles. The van der Waals surface area contributed by atoms with Gasteiger partial charge in [0.05, 0.1) is 20.3 Å². The van der Waals surface area contributed by atoms with Gasteiger partial charge in [0.2, 0.25) is 0 Å². The molecule has 43 heavy (non-hydrogen) atoms. The van der Waals surface area contributed by atoms with Crippen LogP contribution in [-0.4, -0.2) is 25.2 Å². The van der Waals surface area contributed by atoms with Gasteiger partial charge >= 0.3 is 7.82 Å². The van der Waals surface area contributed by atoms with Crippen molar-refractivity contribution in [2.45, 2.75) is 82.7 Å². The summed E-state index contributed by atoms with van der Waals surface area (Å²) in [5.41, 5.74) is 10.0. The Labute approximate surface area is 254 Å². The highest BCUT2D eigenvalue weighted by atomic mass is 31.2. The molecule has 1 aliphatic heterocycles. The Bertz CT molecular complexity index is 1570. The van der Waals surface area contributed by atoms with Crippen LogP contribution in [-0.2, 0) is 34.8 Å². The van der Waals surface area contributed by atoms with E-state index in [-0.39, 0.29) is 11.8 Å². The van der Waals surface area contributed by atoms with Gasteiger partial charge in [0.15, 0.2) is 0 Å². The van der Waals surface area contributed by atoms with Crippen LogP contribution >= 0.6 is 7.82 Å². The Morgan fingerprint density at radius 3 is 2.23 bits per heavy atom. The van der Waals surface area contributed by atoms with Crippen LogP contribution in [0.1, 0.15) is 84.2 Å². The highest BCUT2D eigenvalue weighted by Gasteiger charge is 2.49. The van der Waals surface area contributed by atoms with Crippen LogP contribution in [0.5, 0.6) is 17.2 Å². The molecule has 7 heteroatoms. The average Bonchev–Trinajstić information content (AvgIpc) is 3.16. The van der Waals surface area contributed by atoms with Gasteiger partial charge < -0.3 is 14.0 Å². The van der Waals surface area contributed by atoms with Gasteiger partial charge in [-0.25, -0.2) is 4.57 Å². The molecule has 0 bridgehead atoms. The first kappa shape index (κ1) is 28.7. The molecule has 2 unspecified atom stereocenters. The lowest BCUT2D eigenvalue weighted by molar-refractivity contribution is 0.0755. The number of ether oxygens (including phenoxy) is 2. The lowest BCUT2D eigenvalue weighted by atomic mass is 9.64. The molecular formula is C36H41O6P. The van der Waals surface area contributed by atoms with Crippen molar-refractivity contribution in [1.82, 2.24) is 0 Å². The van der Waals surface area contributed by atoms with Crippen LogP contribution in [0.15, 0.2) is 65.7 Å². The Kier molecular flexibility index (Phi) is 7.88. The zero-order valence-electron chi connectivity index (χ0n) is 25.1. The van der Waals surface area contributed by atoms with Gasteiger partial charge in [-0.2, -0.15) is 0 Å². The summed E-state index contributed by atoms with van der Waals surface area (Å²) < 4.78 is 37.1. The minimum absolute atomic E-state index is 0.0646. The second kappa shape index (κ2) is 11.8. The quantitative estimate of drug-likeness (QED) is 0.227. The van der Waals surface area contributed by atoms with Crippen LogP contribution < -0.4 is 14.0 Å². The zero-order chi connectivity index (χ0) is 29.6. The first-order valence-electron chi connectivity index (χ1n) is 15.8. The predicted octanol–water partition coefficient (Wildman–Crippen LogP) is 8.27. The largest absolute Gasteiger partial charge is 0.527 e. The van der Waals surface area contributed by atoms with Gasteiger partial charge in [-0.3, -0.25) is 9.42 Å². The SMILES string of the molecule is COc1ccc(Cc2cc3c(c4c2OP(=O)(O)O[C@@H]2C(Cc5ccc(OC)cc5)CC5=C(CCCC5)[C@H]42)CCCC3)cc1. The molecule has 1 N–H and O–H groups in total. The smallest absolute Gasteiger partial charge is 0.497 e. The van der Waals surface area contributed by atoms with E-state index in [1.165, 1.54) is 34.3 Å². The van der Waals surface area contributed by atoms with Crippen molar-refractivity contribution < 1.29 is 28.0 Å². The van der Waals surface area contributed by atoms with Crippen LogP contribution in [0.4, 0.5) is 0 Å². The van der Waals surface area contributed by atoms with Gasteiger partial charge in [0, 0.05) is 17.9 Å². The standard InChI is InChI=1S/C36H41O6P/c1-39-29-15-11-23(12-16-29)19-27-21-25-7-3-5-9-31(25)33-34-32-10-6-4-8-26(32)22-28(20-24-13-17-30(40-2)18-14-24)36(34)42-43(37,38)41-35(27)33/h11-18,21,28,34,36H,3-10,19-20,22H2,1-2H3,(H,37,38)/t28?,34-,36-/m1/s1. The van der Waals surface area contributed by atoms with E-state index in [0.717, 1.165) is 86.0 Å². The summed E-state index contributed by atoms with van der Waals surface area (Å²) in [5, 5.41) is 0. The van der Waals surface area contributed by atoms with Crippen LogP contribution in [0.25, 0.3) is 0 Å². The molecule has 4 atom stereocenters. The van der Waals surface area contributed by atoms with Crippen molar-refractivity contribution in [1.29, 1.82) is 0 Å². The van der Waals surface area contributed by atoms with Crippen molar-refractivity contribution in [3.05, 3.63) is 99.1 Å². The lowest BCUT2D eigenvalue weighted by Crippen LogP contribution is -2.37. The number of fused-ring (bicyclic) bond motifs is 6. The molecule has 1 heterocycles. The third-order valence-corrected chi connectivity index (χ3v) is 10.9. The van der Waals surface area contributed by atoms with Gasteiger partial charge in [-0.05, 0) is 122 Å². The van der Waals surface area contributed by atoms with Crippen LogP contribution in [0.2, 0.25) is 0 Å². The summed E-state index contributed by atoms with van der Waals surface area (Å²) in [6.07, 6.45) is 10.6. The van der Waals surface area contributed by atoms with Crippen LogP contribution in [0, 0.1) is 5.92 Å². The summed E-state index contributed by atoms with van der Waals surface area (Å²) in [7, 11) is -1.05. The van der Waals surface area contributed by atoms with Crippen molar-refractivity contribution in [3.8, 4) is 17.2 Å². The molecule has 0 spiro atoms. The van der Waals surface area contributed by atoms with E-state index in [4.69, 9.17) is 18.5 Å². The molecular weight excluding hydrogens is 559 g/mol. The molecule has 0 saturated heterocycles. The first-order chi connectivity index (χ1) is 20.9. The number of rotatable bonds is 6. The molecule has 7 rings (SSSR count). The van der Waals surface area contributed by atoms with E-state index >= 15 is 0 Å². The summed E-state index contributed by atoms with van der Waals surface area (Å²) in [5.74, 6) is 2.20. The molecule has 4 aliphatic rings. The van der Waals surface area contributed by atoms with E-state index in [1.807, 2.05) is 24.3 Å². The van der Waals surface area contributed by atoms with Gasteiger partial charge in [-0.15, -0.1) is 0 Å². The monoisotopic (exact) mass is 600 g/mol. The maximum Gasteiger partial charge on any atom is 0.527 e. The number of benzene rings is 3. The van der Waals surface area contributed by atoms with Crippen molar-refractivity contribution in [3.63, 3.8) is 0 Å². The highest BCUT2D eigenvalue weighted by molar-refractivity contribution is 7.47. The number of hydrogen-bond acceptors (Lipinski definition) is 5. The van der Waals surface area contributed by atoms with Crippen LogP contribution in [0.3, 0.4) is 0 Å². The van der Waals surface area contributed by atoms with E-state index in [9.17, 15) is 9.46 Å². The van der Waals surface area contributed by atoms with Gasteiger partial charge in [-0.1, -0.05) is 41.5 Å². The Morgan fingerprint density at radius 2 is 1.51 bits per heavy atom. The number of hydrogen-bond donors (Lipinski definition) is 1. The summed E-state index contributed by atoms with van der Waals surface area (Å²) in [6, 6.07) is 18.5. The van der Waals surface area contributed by atoms with E-state index in [0.29, 0.717) is 12.2 Å². The Balaban J connectivity index is 1.38. The van der Waals surface area contributed by atoms with Crippen molar-refractivity contribution in [2.75, 3.05) is 14.2 Å². The average molecular weight is 601 g/mol. The molecule has 0 saturated carbocycles. The van der Waals surface area contributed by atoms with Gasteiger partial charge in [0.25, 0.3) is 0 Å². The normalized spacial score (nSPS) is 26.3. The minimum atomic E-state index is -4.40. The maximum atomic E-state index is 13.8. The third kappa shape index (κ3) is 5.66. The lowest BCUT2D eigenvalue weighted by Gasteiger charge is -2.42. The predicted molar refractivity (Wildman–Crippen MR) is 167 cm³/mol. The molecule has 226 valence electrons. The van der Waals surface area contributed by atoms with E-state index in [1.54, 1.807) is 14.2 Å². The molecule has 0 radical (unpaired) electrons. The third-order valence-electron chi connectivity index (χ3n) is 10.0. The second-order valence-corrected chi connectivity index (χ2v) is 13.9. The molecule has 0 fully saturated rings.